The first-order chi connectivity index (χ1) is 6.88. The van der Waals surface area contributed by atoms with Crippen molar-refractivity contribution in [2.45, 2.75) is 6.18 Å². The number of aromatic amines is 1. The number of carbonyl (C=O) groups is 1. The number of nitrogens with zero attached hydrogens (tertiary/aromatic N) is 1. The zero-order valence-electron chi connectivity index (χ0n) is 7.26. The van der Waals surface area contributed by atoms with Crippen LogP contribution in [0.1, 0.15) is 10.5 Å². The molecule has 82 valence electrons. The molecule has 0 saturated carbocycles. The molecule has 1 heterocycles. The van der Waals surface area contributed by atoms with E-state index in [0.717, 1.165) is 12.4 Å². The van der Waals surface area contributed by atoms with Crippen LogP contribution in [-0.4, -0.2) is 28.6 Å². The van der Waals surface area contributed by atoms with E-state index in [4.69, 9.17) is 0 Å². The number of carbonyl (C=O) groups excluding carboxylic acids is 1. The first-order valence-electron chi connectivity index (χ1n) is 3.78. The van der Waals surface area contributed by atoms with Gasteiger partial charge in [0.2, 0.25) is 0 Å². The van der Waals surface area contributed by atoms with Crippen molar-refractivity contribution in [2.24, 2.45) is 0 Å². The molecule has 15 heavy (non-hydrogen) atoms. The van der Waals surface area contributed by atoms with Gasteiger partial charge in [0.25, 0.3) is 11.5 Å². The third kappa shape index (κ3) is 3.79. The number of nitrogens with one attached hydrogen (secondary N) is 2. The Labute approximate surface area is 81.3 Å². The molecule has 1 aromatic rings. The van der Waals surface area contributed by atoms with E-state index in [1.54, 1.807) is 5.32 Å². The van der Waals surface area contributed by atoms with Crippen LogP contribution in [0.5, 0.6) is 0 Å². The lowest BCUT2D eigenvalue weighted by Crippen LogP contribution is -2.34. The summed E-state index contributed by atoms with van der Waals surface area (Å²) in [6.07, 6.45) is -2.73. The quantitative estimate of drug-likeness (QED) is 0.741. The zero-order chi connectivity index (χ0) is 11.5. The average Bonchev–Trinajstić information content (AvgIpc) is 2.14. The van der Waals surface area contributed by atoms with Crippen LogP contribution in [-0.2, 0) is 0 Å². The number of H-pyrrole nitrogens is 1. The van der Waals surface area contributed by atoms with Crippen molar-refractivity contribution in [3.05, 3.63) is 28.4 Å². The Morgan fingerprint density at radius 1 is 1.53 bits per heavy atom. The van der Waals surface area contributed by atoms with Crippen LogP contribution in [0.3, 0.4) is 0 Å². The minimum atomic E-state index is -4.47. The van der Waals surface area contributed by atoms with Crippen LogP contribution in [0.2, 0.25) is 0 Å². The van der Waals surface area contributed by atoms with Gasteiger partial charge in [0, 0.05) is 6.20 Å². The van der Waals surface area contributed by atoms with Gasteiger partial charge in [-0.1, -0.05) is 0 Å². The molecule has 0 atom stereocenters. The maximum atomic E-state index is 11.7. The molecule has 2 N–H and O–H groups in total. The van der Waals surface area contributed by atoms with Gasteiger partial charge in [0.05, 0.1) is 6.20 Å². The Morgan fingerprint density at radius 2 is 2.20 bits per heavy atom. The number of hydrogen-bond acceptors (Lipinski definition) is 3. The maximum absolute atomic E-state index is 11.7. The highest BCUT2D eigenvalue weighted by atomic mass is 19.4. The van der Waals surface area contributed by atoms with Gasteiger partial charge in [0.15, 0.2) is 0 Å². The van der Waals surface area contributed by atoms with Crippen LogP contribution in [0.4, 0.5) is 13.2 Å². The molecule has 1 aromatic heterocycles. The van der Waals surface area contributed by atoms with Crippen molar-refractivity contribution >= 4 is 5.91 Å². The fourth-order valence-electron chi connectivity index (χ4n) is 0.737. The molecule has 0 radical (unpaired) electrons. The van der Waals surface area contributed by atoms with Crippen molar-refractivity contribution in [1.82, 2.24) is 15.3 Å². The summed E-state index contributed by atoms with van der Waals surface area (Å²) in [7, 11) is 0. The first-order valence-corrected chi connectivity index (χ1v) is 3.78. The smallest absolute Gasteiger partial charge is 0.342 e. The van der Waals surface area contributed by atoms with E-state index in [0.29, 0.717) is 0 Å². The second-order valence-corrected chi connectivity index (χ2v) is 2.59. The Balaban J connectivity index is 2.62. The highest BCUT2D eigenvalue weighted by molar-refractivity contribution is 5.91. The minimum absolute atomic E-state index is 0.279. The molecular weight excluding hydrogens is 215 g/mol. The Hall–Kier alpha value is -1.86. The third-order valence-corrected chi connectivity index (χ3v) is 1.35. The third-order valence-electron chi connectivity index (χ3n) is 1.35. The summed E-state index contributed by atoms with van der Waals surface area (Å²) in [5.41, 5.74) is -0.818. The Kier molecular flexibility index (Phi) is 3.08. The van der Waals surface area contributed by atoms with E-state index in [9.17, 15) is 22.8 Å². The SMILES string of the molecule is O=C(NCC(F)(F)F)c1c[nH]c(=O)cn1. The van der Waals surface area contributed by atoms with Gasteiger partial charge in [-0.15, -0.1) is 0 Å². The molecule has 5 nitrogen and oxygen atoms in total. The zero-order valence-corrected chi connectivity index (χ0v) is 7.26. The van der Waals surface area contributed by atoms with Crippen molar-refractivity contribution in [3.8, 4) is 0 Å². The minimum Gasteiger partial charge on any atom is -0.342 e. The topological polar surface area (TPSA) is 74.8 Å². The monoisotopic (exact) mass is 221 g/mol. The Bertz CT molecular complexity index is 392. The fraction of sp³-hybridized carbons (Fsp3) is 0.286. The molecule has 0 unspecified atom stereocenters. The number of alkyl halides is 3. The molecule has 0 aliphatic rings. The van der Waals surface area contributed by atoms with Crippen LogP contribution < -0.4 is 10.9 Å². The normalized spacial score (nSPS) is 11.1. The van der Waals surface area contributed by atoms with Crippen molar-refractivity contribution in [2.75, 3.05) is 6.54 Å². The summed E-state index contributed by atoms with van der Waals surface area (Å²) < 4.78 is 35.1. The first kappa shape index (κ1) is 11.2. The maximum Gasteiger partial charge on any atom is 0.405 e. The number of hydrogen-bond donors (Lipinski definition) is 2. The molecule has 0 aliphatic carbocycles. The van der Waals surface area contributed by atoms with Crippen molar-refractivity contribution in [1.29, 1.82) is 0 Å². The lowest BCUT2D eigenvalue weighted by molar-refractivity contribution is -0.123. The number of amides is 1. The van der Waals surface area contributed by atoms with Gasteiger partial charge < -0.3 is 10.3 Å². The van der Waals surface area contributed by atoms with E-state index in [2.05, 4.69) is 9.97 Å². The van der Waals surface area contributed by atoms with Crippen LogP contribution >= 0.6 is 0 Å². The van der Waals surface area contributed by atoms with Gasteiger partial charge in [0.1, 0.15) is 12.2 Å². The predicted octanol–water partition coefficient (Wildman–Crippen LogP) is 0.0620. The lowest BCUT2D eigenvalue weighted by atomic mass is 10.4. The second-order valence-electron chi connectivity index (χ2n) is 2.59. The number of halogens is 3. The average molecular weight is 221 g/mol. The van der Waals surface area contributed by atoms with Crippen molar-refractivity contribution in [3.63, 3.8) is 0 Å². The summed E-state index contributed by atoms with van der Waals surface area (Å²) in [4.78, 5) is 27.0. The predicted molar refractivity (Wildman–Crippen MR) is 43.2 cm³/mol. The molecule has 0 bridgehead atoms. The molecule has 0 aliphatic heterocycles. The largest absolute Gasteiger partial charge is 0.405 e. The molecule has 0 saturated heterocycles. The molecule has 1 rings (SSSR count). The molecule has 0 fully saturated rings. The van der Waals surface area contributed by atoms with E-state index in [1.165, 1.54) is 0 Å². The molecule has 0 spiro atoms. The molecular formula is C7H6F3N3O2. The summed E-state index contributed by atoms with van der Waals surface area (Å²) in [5.74, 6) is -0.997. The molecule has 0 aromatic carbocycles. The summed E-state index contributed by atoms with van der Waals surface area (Å²) in [6.45, 7) is -1.44. The van der Waals surface area contributed by atoms with Gasteiger partial charge in [-0.05, 0) is 0 Å². The number of rotatable bonds is 2. The molecule has 8 heteroatoms. The van der Waals surface area contributed by atoms with Crippen molar-refractivity contribution < 1.29 is 18.0 Å². The number of aromatic nitrogens is 2. The van der Waals surface area contributed by atoms with Gasteiger partial charge in [-0.25, -0.2) is 4.98 Å². The van der Waals surface area contributed by atoms with E-state index < -0.39 is 24.2 Å². The summed E-state index contributed by atoms with van der Waals surface area (Å²) in [5, 5.41) is 1.61. The van der Waals surface area contributed by atoms with Crippen LogP contribution in [0.25, 0.3) is 0 Å². The second kappa shape index (κ2) is 4.11. The highest BCUT2D eigenvalue weighted by Crippen LogP contribution is 2.12. The van der Waals surface area contributed by atoms with Gasteiger partial charge in [-0.2, -0.15) is 13.2 Å². The van der Waals surface area contributed by atoms with Gasteiger partial charge >= 0.3 is 6.18 Å². The summed E-state index contributed by atoms with van der Waals surface area (Å²) in [6, 6.07) is 0. The highest BCUT2D eigenvalue weighted by Gasteiger charge is 2.28. The summed E-state index contributed by atoms with van der Waals surface area (Å²) >= 11 is 0. The standard InChI is InChI=1S/C7H6F3N3O2/c8-7(9,10)3-13-6(15)4-1-12-5(14)2-11-4/h1-2H,3H2,(H,12,14)(H,13,15). The van der Waals surface area contributed by atoms with Crippen LogP contribution in [0, 0.1) is 0 Å². The fourth-order valence-corrected chi connectivity index (χ4v) is 0.737. The molecule has 1 amide bonds. The van der Waals surface area contributed by atoms with Crippen LogP contribution in [0.15, 0.2) is 17.2 Å². The van der Waals surface area contributed by atoms with Gasteiger partial charge in [-0.3, -0.25) is 9.59 Å². The van der Waals surface area contributed by atoms with E-state index >= 15 is 0 Å². The van der Waals surface area contributed by atoms with E-state index in [1.807, 2.05) is 0 Å². The Morgan fingerprint density at radius 3 is 2.67 bits per heavy atom. The lowest BCUT2D eigenvalue weighted by Gasteiger charge is -2.07. The van der Waals surface area contributed by atoms with E-state index in [-0.39, 0.29) is 5.69 Å².